The van der Waals surface area contributed by atoms with Gasteiger partial charge in [-0.15, -0.1) is 0 Å². The second kappa shape index (κ2) is 11.0. The molecule has 0 bridgehead atoms. The molecule has 2 heterocycles. The number of benzene rings is 1. The minimum absolute atomic E-state index is 0.886. The number of anilines is 2. The lowest BCUT2D eigenvalue weighted by atomic mass is 10.2. The smallest absolute Gasteiger partial charge is 0.227 e. The van der Waals surface area contributed by atoms with E-state index in [0.717, 1.165) is 76.1 Å². The largest absolute Gasteiger partial charge is 0.354 e. The number of hydrogen-bond donors (Lipinski definition) is 0. The van der Waals surface area contributed by atoms with Crippen LogP contribution in [0.1, 0.15) is 37.9 Å². The normalized spacial score (nSPS) is 15.2. The van der Waals surface area contributed by atoms with Crippen LogP contribution in [-0.4, -0.2) is 60.7 Å². The Hall–Kier alpha value is -2.40. The van der Waals surface area contributed by atoms with E-state index in [4.69, 9.17) is 9.97 Å². The lowest BCUT2D eigenvalue weighted by molar-refractivity contribution is 0.283. The van der Waals surface area contributed by atoms with Crippen molar-refractivity contribution in [1.82, 2.24) is 14.9 Å². The monoisotopic (exact) mass is 393 g/mol. The zero-order valence-electron chi connectivity index (χ0n) is 18.2. The Morgan fingerprint density at radius 2 is 1.66 bits per heavy atom. The van der Waals surface area contributed by atoms with Crippen molar-refractivity contribution in [1.29, 1.82) is 0 Å². The summed E-state index contributed by atoms with van der Waals surface area (Å²) in [7, 11) is 0. The van der Waals surface area contributed by atoms with Crippen LogP contribution in [0, 0.1) is 6.92 Å². The fourth-order valence-electron chi connectivity index (χ4n) is 3.75. The molecule has 0 unspecified atom stereocenters. The van der Waals surface area contributed by atoms with Gasteiger partial charge in [0.05, 0.1) is 0 Å². The van der Waals surface area contributed by atoms with E-state index in [9.17, 15) is 0 Å². The first kappa shape index (κ1) is 21.3. The topological polar surface area (TPSA) is 35.5 Å². The predicted octanol–water partition coefficient (Wildman–Crippen LogP) is 4.25. The molecule has 0 spiro atoms. The Balaban J connectivity index is 1.58. The first-order valence-electron chi connectivity index (χ1n) is 11.0. The van der Waals surface area contributed by atoms with Crippen LogP contribution in [0.25, 0.3) is 6.08 Å². The van der Waals surface area contributed by atoms with E-state index < -0.39 is 0 Å². The summed E-state index contributed by atoms with van der Waals surface area (Å²) in [6.45, 7) is 13.7. The number of nitrogens with zero attached hydrogens (tertiary/aromatic N) is 5. The molecule has 0 aliphatic carbocycles. The molecule has 2 aromatic rings. The van der Waals surface area contributed by atoms with E-state index in [2.05, 4.69) is 84.0 Å². The third-order valence-corrected chi connectivity index (χ3v) is 5.27. The maximum absolute atomic E-state index is 4.93. The van der Waals surface area contributed by atoms with Crippen molar-refractivity contribution in [3.05, 3.63) is 53.7 Å². The summed E-state index contributed by atoms with van der Waals surface area (Å²) in [5.41, 5.74) is 2.31. The lowest BCUT2D eigenvalue weighted by Gasteiger charge is -2.35. The second-order valence-corrected chi connectivity index (χ2v) is 7.76. The first-order valence-corrected chi connectivity index (χ1v) is 11.0. The van der Waals surface area contributed by atoms with Crippen molar-refractivity contribution >= 4 is 17.8 Å². The van der Waals surface area contributed by atoms with Crippen LogP contribution in [0.5, 0.6) is 0 Å². The van der Waals surface area contributed by atoms with Gasteiger partial charge in [0.25, 0.3) is 0 Å². The molecule has 1 fully saturated rings. The van der Waals surface area contributed by atoms with Gasteiger partial charge in [0.15, 0.2) is 0 Å². The summed E-state index contributed by atoms with van der Waals surface area (Å²) in [6.07, 6.45) is 6.71. The molecule has 0 amide bonds. The third-order valence-electron chi connectivity index (χ3n) is 5.27. The average molecular weight is 394 g/mol. The zero-order chi connectivity index (χ0) is 20.5. The van der Waals surface area contributed by atoms with Crippen LogP contribution in [0.15, 0.2) is 42.5 Å². The van der Waals surface area contributed by atoms with Crippen LogP contribution in [0.2, 0.25) is 0 Å². The minimum atomic E-state index is 0.886. The van der Waals surface area contributed by atoms with Gasteiger partial charge in [-0.05, 0) is 25.3 Å². The van der Waals surface area contributed by atoms with Crippen molar-refractivity contribution in [3.63, 3.8) is 0 Å². The number of hydrogen-bond acceptors (Lipinski definition) is 5. The zero-order valence-corrected chi connectivity index (χ0v) is 18.2. The van der Waals surface area contributed by atoms with E-state index >= 15 is 0 Å². The van der Waals surface area contributed by atoms with Crippen molar-refractivity contribution in [3.8, 4) is 0 Å². The number of aromatic nitrogens is 2. The van der Waals surface area contributed by atoms with E-state index in [0.29, 0.717) is 0 Å². The quantitative estimate of drug-likeness (QED) is 0.636. The summed E-state index contributed by atoms with van der Waals surface area (Å²) in [6, 6.07) is 12.6. The van der Waals surface area contributed by atoms with Crippen LogP contribution < -0.4 is 9.80 Å². The van der Waals surface area contributed by atoms with Gasteiger partial charge in [-0.2, -0.15) is 4.98 Å². The van der Waals surface area contributed by atoms with Gasteiger partial charge in [0, 0.05) is 57.6 Å². The van der Waals surface area contributed by atoms with Crippen LogP contribution in [0.4, 0.5) is 11.8 Å². The molecule has 1 aliphatic heterocycles. The number of rotatable bonds is 9. The van der Waals surface area contributed by atoms with Crippen LogP contribution in [-0.2, 0) is 0 Å². The van der Waals surface area contributed by atoms with Gasteiger partial charge in [-0.3, -0.25) is 4.90 Å². The molecule has 0 saturated carbocycles. The molecular weight excluding hydrogens is 358 g/mol. The summed E-state index contributed by atoms with van der Waals surface area (Å²) >= 11 is 0. The molecule has 1 aromatic heterocycles. The molecule has 1 aliphatic rings. The Labute approximate surface area is 176 Å². The molecule has 5 heteroatoms. The van der Waals surface area contributed by atoms with E-state index in [-0.39, 0.29) is 0 Å². The first-order chi connectivity index (χ1) is 14.2. The van der Waals surface area contributed by atoms with Crippen molar-refractivity contribution < 1.29 is 0 Å². The highest BCUT2D eigenvalue weighted by Gasteiger charge is 2.19. The van der Waals surface area contributed by atoms with E-state index in [1.165, 1.54) is 5.56 Å². The summed E-state index contributed by atoms with van der Waals surface area (Å²) in [4.78, 5) is 16.9. The predicted molar refractivity (Wildman–Crippen MR) is 124 cm³/mol. The lowest BCUT2D eigenvalue weighted by Crippen LogP contribution is -2.46. The van der Waals surface area contributed by atoms with Gasteiger partial charge in [0.1, 0.15) is 5.82 Å². The Morgan fingerprint density at radius 3 is 2.31 bits per heavy atom. The molecule has 0 atom stereocenters. The summed E-state index contributed by atoms with van der Waals surface area (Å²) < 4.78 is 0. The fourth-order valence-corrected chi connectivity index (χ4v) is 3.75. The molecule has 1 saturated heterocycles. The number of piperazine rings is 1. The highest BCUT2D eigenvalue weighted by Crippen LogP contribution is 2.19. The van der Waals surface area contributed by atoms with Gasteiger partial charge in [0.2, 0.25) is 5.95 Å². The summed E-state index contributed by atoms with van der Waals surface area (Å²) in [5, 5.41) is 0. The van der Waals surface area contributed by atoms with Crippen molar-refractivity contribution in [2.75, 3.05) is 55.6 Å². The Bertz CT molecular complexity index is 760. The van der Waals surface area contributed by atoms with Crippen LogP contribution >= 0.6 is 0 Å². The Kier molecular flexibility index (Phi) is 8.05. The van der Waals surface area contributed by atoms with Gasteiger partial charge < -0.3 is 9.80 Å². The molecule has 1 aromatic carbocycles. The molecule has 156 valence electrons. The highest BCUT2D eigenvalue weighted by atomic mass is 15.3. The minimum Gasteiger partial charge on any atom is -0.354 e. The van der Waals surface area contributed by atoms with E-state index in [1.54, 1.807) is 0 Å². The second-order valence-electron chi connectivity index (χ2n) is 7.76. The van der Waals surface area contributed by atoms with Crippen molar-refractivity contribution in [2.24, 2.45) is 0 Å². The van der Waals surface area contributed by atoms with Crippen LogP contribution in [0.3, 0.4) is 0 Å². The standard InChI is InChI=1S/C24H35N5/c1-4-13-29(14-5-2)24-25-21(3)20-23(26-24)28-18-16-27(17-19-28)15-9-12-22-10-7-6-8-11-22/h6-12,20H,4-5,13-19H2,1-3H3/b12-9+. The Morgan fingerprint density at radius 1 is 0.966 bits per heavy atom. The summed E-state index contributed by atoms with van der Waals surface area (Å²) in [5.74, 6) is 1.96. The van der Waals surface area contributed by atoms with Crippen molar-refractivity contribution in [2.45, 2.75) is 33.6 Å². The fraction of sp³-hybridized carbons (Fsp3) is 0.500. The molecule has 29 heavy (non-hydrogen) atoms. The van der Waals surface area contributed by atoms with E-state index in [1.807, 2.05) is 0 Å². The molecule has 0 N–H and O–H groups in total. The molecule has 3 rings (SSSR count). The molecular formula is C24H35N5. The average Bonchev–Trinajstić information content (AvgIpc) is 2.74. The maximum Gasteiger partial charge on any atom is 0.227 e. The number of aryl methyl sites for hydroxylation is 1. The third kappa shape index (κ3) is 6.29. The SMILES string of the molecule is CCCN(CCC)c1nc(C)cc(N2CCN(C/C=C/c3ccccc3)CC2)n1. The van der Waals surface area contributed by atoms with Gasteiger partial charge in [-0.1, -0.05) is 56.3 Å². The van der Waals surface area contributed by atoms with Gasteiger partial charge >= 0.3 is 0 Å². The highest BCUT2D eigenvalue weighted by molar-refractivity contribution is 5.49. The maximum atomic E-state index is 4.93. The molecule has 0 radical (unpaired) electrons. The van der Waals surface area contributed by atoms with Gasteiger partial charge in [-0.25, -0.2) is 4.98 Å². The molecule has 5 nitrogen and oxygen atoms in total.